The van der Waals surface area contributed by atoms with Crippen LogP contribution in [0.1, 0.15) is 26.3 Å². The van der Waals surface area contributed by atoms with Gasteiger partial charge in [0.15, 0.2) is 0 Å². The molecule has 142 valence electrons. The second kappa shape index (κ2) is 9.44. The third-order valence-electron chi connectivity index (χ3n) is 4.96. The van der Waals surface area contributed by atoms with Crippen LogP contribution in [0, 0.1) is 0 Å². The Bertz CT molecular complexity index is 809. The van der Waals surface area contributed by atoms with Crippen molar-refractivity contribution in [3.05, 3.63) is 66.6 Å². The molecule has 3 rings (SSSR count). The summed E-state index contributed by atoms with van der Waals surface area (Å²) in [5, 5.41) is 8.47. The number of nitrogens with one attached hydrogen (secondary N) is 1. The Balaban J connectivity index is 1.80. The molecule has 0 saturated carbocycles. The van der Waals surface area contributed by atoms with Gasteiger partial charge in [0, 0.05) is 48.8 Å². The molecule has 0 radical (unpaired) electrons. The van der Waals surface area contributed by atoms with Crippen molar-refractivity contribution in [3.8, 4) is 16.9 Å². The third-order valence-corrected chi connectivity index (χ3v) is 4.96. The minimum absolute atomic E-state index is 0.508. The van der Waals surface area contributed by atoms with Gasteiger partial charge in [-0.2, -0.15) is 5.10 Å². The zero-order chi connectivity index (χ0) is 19.1. The highest BCUT2D eigenvalue weighted by Crippen LogP contribution is 2.23. The van der Waals surface area contributed by atoms with Crippen molar-refractivity contribution in [2.45, 2.75) is 33.4 Å². The lowest BCUT2D eigenvalue weighted by atomic mass is 10.1. The fourth-order valence-electron chi connectivity index (χ4n) is 3.40. The largest absolute Gasteiger partial charge is 0.311 e. The van der Waals surface area contributed by atoms with Crippen LogP contribution in [-0.2, 0) is 6.54 Å². The number of para-hydroxylation sites is 1. The molecule has 0 spiro atoms. The van der Waals surface area contributed by atoms with Crippen molar-refractivity contribution in [2.75, 3.05) is 19.6 Å². The number of nitrogens with zero attached hydrogens (tertiary/aromatic N) is 4. The molecule has 1 aromatic carbocycles. The van der Waals surface area contributed by atoms with Crippen LogP contribution >= 0.6 is 0 Å². The maximum atomic E-state index is 4.85. The zero-order valence-corrected chi connectivity index (χ0v) is 16.5. The molecule has 5 heteroatoms. The summed E-state index contributed by atoms with van der Waals surface area (Å²) in [5.74, 6) is 0. The van der Waals surface area contributed by atoms with Gasteiger partial charge in [0.1, 0.15) is 0 Å². The van der Waals surface area contributed by atoms with Gasteiger partial charge in [-0.25, -0.2) is 4.68 Å². The normalized spacial score (nSPS) is 12.4. The van der Waals surface area contributed by atoms with Gasteiger partial charge in [0.25, 0.3) is 0 Å². The van der Waals surface area contributed by atoms with Gasteiger partial charge in [0.05, 0.1) is 11.4 Å². The zero-order valence-electron chi connectivity index (χ0n) is 16.5. The van der Waals surface area contributed by atoms with Gasteiger partial charge in [-0.3, -0.25) is 9.88 Å². The molecule has 3 aromatic rings. The summed E-state index contributed by atoms with van der Waals surface area (Å²) in [5.41, 5.74) is 4.35. The van der Waals surface area contributed by atoms with Gasteiger partial charge < -0.3 is 5.32 Å². The predicted molar refractivity (Wildman–Crippen MR) is 111 cm³/mol. The number of pyridine rings is 1. The highest BCUT2D eigenvalue weighted by Gasteiger charge is 2.14. The smallest absolute Gasteiger partial charge is 0.0973 e. The number of rotatable bonds is 9. The van der Waals surface area contributed by atoms with Gasteiger partial charge in [-0.05, 0) is 44.3 Å². The van der Waals surface area contributed by atoms with Crippen molar-refractivity contribution >= 4 is 0 Å². The second-order valence-corrected chi connectivity index (χ2v) is 6.72. The van der Waals surface area contributed by atoms with Crippen LogP contribution in [0.2, 0.25) is 0 Å². The lowest BCUT2D eigenvalue weighted by Crippen LogP contribution is -2.39. The Morgan fingerprint density at radius 3 is 2.41 bits per heavy atom. The quantitative estimate of drug-likeness (QED) is 0.629. The molecular weight excluding hydrogens is 334 g/mol. The first kappa shape index (κ1) is 19.3. The average Bonchev–Trinajstić information content (AvgIpc) is 3.14. The van der Waals surface area contributed by atoms with E-state index in [1.807, 2.05) is 47.4 Å². The summed E-state index contributed by atoms with van der Waals surface area (Å²) in [6.45, 7) is 10.6. The molecule has 0 aliphatic heterocycles. The minimum atomic E-state index is 0.508. The lowest BCUT2D eigenvalue weighted by molar-refractivity contribution is 0.225. The summed E-state index contributed by atoms with van der Waals surface area (Å²) in [4.78, 5) is 6.60. The van der Waals surface area contributed by atoms with Crippen molar-refractivity contribution in [3.63, 3.8) is 0 Å². The van der Waals surface area contributed by atoms with Crippen molar-refractivity contribution in [1.29, 1.82) is 0 Å². The highest BCUT2D eigenvalue weighted by molar-refractivity contribution is 5.62. The van der Waals surface area contributed by atoms with Gasteiger partial charge >= 0.3 is 0 Å². The first-order valence-electron chi connectivity index (χ1n) is 9.72. The number of aromatic nitrogens is 3. The Labute approximate surface area is 162 Å². The van der Waals surface area contributed by atoms with Crippen LogP contribution in [-0.4, -0.2) is 45.3 Å². The molecule has 0 fully saturated rings. The van der Waals surface area contributed by atoms with Crippen LogP contribution in [0.5, 0.6) is 0 Å². The van der Waals surface area contributed by atoms with Crippen molar-refractivity contribution in [1.82, 2.24) is 25.0 Å². The van der Waals surface area contributed by atoms with Crippen LogP contribution < -0.4 is 5.32 Å². The van der Waals surface area contributed by atoms with E-state index in [0.29, 0.717) is 6.04 Å². The fraction of sp³-hybridized carbons (Fsp3) is 0.364. The minimum Gasteiger partial charge on any atom is -0.311 e. The molecule has 2 heterocycles. The van der Waals surface area contributed by atoms with Gasteiger partial charge in [0.2, 0.25) is 0 Å². The maximum absolute atomic E-state index is 4.85. The molecule has 0 aliphatic rings. The summed E-state index contributed by atoms with van der Waals surface area (Å²) in [7, 11) is 0. The first-order chi connectivity index (χ1) is 13.2. The molecule has 27 heavy (non-hydrogen) atoms. The van der Waals surface area contributed by atoms with E-state index in [1.165, 1.54) is 5.56 Å². The Hall–Kier alpha value is -2.50. The van der Waals surface area contributed by atoms with Crippen molar-refractivity contribution in [2.24, 2.45) is 0 Å². The summed E-state index contributed by atoms with van der Waals surface area (Å²) in [6.07, 6.45) is 5.76. The van der Waals surface area contributed by atoms with E-state index in [1.54, 1.807) is 0 Å². The molecule has 0 amide bonds. The molecule has 0 aliphatic carbocycles. The van der Waals surface area contributed by atoms with E-state index in [0.717, 1.165) is 43.1 Å². The van der Waals surface area contributed by atoms with E-state index in [9.17, 15) is 0 Å². The average molecular weight is 364 g/mol. The highest BCUT2D eigenvalue weighted by atomic mass is 15.3. The molecule has 1 unspecified atom stereocenters. The molecule has 5 nitrogen and oxygen atoms in total. The van der Waals surface area contributed by atoms with E-state index in [2.05, 4.69) is 54.3 Å². The topological polar surface area (TPSA) is 46.0 Å². The van der Waals surface area contributed by atoms with Crippen LogP contribution in [0.3, 0.4) is 0 Å². The monoisotopic (exact) mass is 363 g/mol. The van der Waals surface area contributed by atoms with E-state index < -0.39 is 0 Å². The molecule has 1 N–H and O–H groups in total. The SMILES string of the molecule is CCN(CC)C(C)CNCc1cn(-c2ccccc2)nc1-c1ccncc1. The Morgan fingerprint density at radius 1 is 1.04 bits per heavy atom. The summed E-state index contributed by atoms with van der Waals surface area (Å²) < 4.78 is 1.96. The van der Waals surface area contributed by atoms with Crippen LogP contribution in [0.4, 0.5) is 0 Å². The van der Waals surface area contributed by atoms with E-state index in [4.69, 9.17) is 5.10 Å². The summed E-state index contributed by atoms with van der Waals surface area (Å²) in [6, 6.07) is 14.8. The molecule has 0 bridgehead atoms. The molecule has 0 saturated heterocycles. The summed E-state index contributed by atoms with van der Waals surface area (Å²) >= 11 is 0. The fourth-order valence-corrected chi connectivity index (χ4v) is 3.40. The third kappa shape index (κ3) is 4.81. The predicted octanol–water partition coefficient (Wildman–Crippen LogP) is 3.75. The molecule has 1 atom stereocenters. The van der Waals surface area contributed by atoms with Crippen LogP contribution in [0.25, 0.3) is 16.9 Å². The maximum Gasteiger partial charge on any atom is 0.0973 e. The number of hydrogen-bond donors (Lipinski definition) is 1. The Kier molecular flexibility index (Phi) is 6.74. The first-order valence-corrected chi connectivity index (χ1v) is 9.72. The standard InChI is InChI=1S/C22H29N5/c1-4-26(5-2)18(3)15-24-16-20-17-27(21-9-7-6-8-10-21)25-22(20)19-11-13-23-14-12-19/h6-14,17-18,24H,4-5,15-16H2,1-3H3. The van der Waals surface area contributed by atoms with E-state index in [-0.39, 0.29) is 0 Å². The van der Waals surface area contributed by atoms with Crippen molar-refractivity contribution < 1.29 is 0 Å². The van der Waals surface area contributed by atoms with Gasteiger partial charge in [-0.15, -0.1) is 0 Å². The van der Waals surface area contributed by atoms with Gasteiger partial charge in [-0.1, -0.05) is 32.0 Å². The lowest BCUT2D eigenvalue weighted by Gasteiger charge is -2.26. The Morgan fingerprint density at radius 2 is 1.74 bits per heavy atom. The molecule has 2 aromatic heterocycles. The van der Waals surface area contributed by atoms with Crippen LogP contribution in [0.15, 0.2) is 61.1 Å². The van der Waals surface area contributed by atoms with E-state index >= 15 is 0 Å². The second-order valence-electron chi connectivity index (χ2n) is 6.72. The molecular formula is C22H29N5. The number of hydrogen-bond acceptors (Lipinski definition) is 4. The number of likely N-dealkylation sites (N-methyl/N-ethyl adjacent to an activating group) is 1. The number of benzene rings is 1.